The molecule has 1 aliphatic rings. The van der Waals surface area contributed by atoms with E-state index in [1.54, 1.807) is 0 Å². The van der Waals surface area contributed by atoms with E-state index >= 15 is 4.39 Å². The standard InChI is InChI=1S/C47H39FN2O5/c48-42-40(33-53-46(34-19-7-1-8-20-34,35-21-9-2-10-22-35)36-23-11-3-12-24-36)54-44(50-32-31-41(51)49-45(50)52)43(42)55-47(37-25-13-4-14-26-37,38-27-15-5-16-28-38)39-29-17-6-18-30-39/h1-32,40,42-44H,33H2,(H,49,51,52)/t40-,42+,43-,44?/m1/s1. The van der Waals surface area contributed by atoms with Crippen LogP contribution in [0.15, 0.2) is 204 Å². The summed E-state index contributed by atoms with van der Waals surface area (Å²) in [4.78, 5) is 28.0. The van der Waals surface area contributed by atoms with E-state index < -0.39 is 47.1 Å². The zero-order chi connectivity index (χ0) is 37.7. The number of hydrogen-bond donors (Lipinski definition) is 1. The van der Waals surface area contributed by atoms with E-state index in [2.05, 4.69) is 4.98 Å². The summed E-state index contributed by atoms with van der Waals surface area (Å²) in [7, 11) is 0. The highest BCUT2D eigenvalue weighted by Gasteiger charge is 2.53. The number of alkyl halides is 1. The average Bonchev–Trinajstić information content (AvgIpc) is 3.55. The summed E-state index contributed by atoms with van der Waals surface area (Å²) in [5, 5.41) is 0. The third-order valence-electron chi connectivity index (χ3n) is 10.2. The first kappa shape index (κ1) is 35.8. The van der Waals surface area contributed by atoms with E-state index in [9.17, 15) is 9.59 Å². The molecule has 4 atom stereocenters. The Morgan fingerprint density at radius 2 is 0.909 bits per heavy atom. The molecule has 1 aliphatic heterocycles. The van der Waals surface area contributed by atoms with Crippen molar-refractivity contribution < 1.29 is 18.6 Å². The first-order chi connectivity index (χ1) is 27.0. The Bertz CT molecular complexity index is 2220. The molecule has 0 spiro atoms. The van der Waals surface area contributed by atoms with Gasteiger partial charge in [0.2, 0.25) is 0 Å². The van der Waals surface area contributed by atoms with E-state index in [4.69, 9.17) is 14.2 Å². The van der Waals surface area contributed by atoms with Crippen LogP contribution in [0.5, 0.6) is 0 Å². The normalized spacial score (nSPS) is 18.6. The molecule has 1 unspecified atom stereocenters. The van der Waals surface area contributed by atoms with Gasteiger partial charge in [-0.15, -0.1) is 0 Å². The van der Waals surface area contributed by atoms with Crippen LogP contribution in [-0.4, -0.2) is 34.5 Å². The fourth-order valence-electron chi connectivity index (χ4n) is 7.71. The molecule has 0 radical (unpaired) electrons. The molecule has 0 aliphatic carbocycles. The van der Waals surface area contributed by atoms with Crippen LogP contribution in [0, 0.1) is 0 Å². The van der Waals surface area contributed by atoms with Crippen molar-refractivity contribution in [3.05, 3.63) is 248 Å². The molecular weight excluding hydrogens is 692 g/mol. The number of nitrogens with one attached hydrogen (secondary N) is 1. The van der Waals surface area contributed by atoms with Gasteiger partial charge < -0.3 is 14.2 Å². The fraction of sp³-hybridized carbons (Fsp3) is 0.149. The summed E-state index contributed by atoms with van der Waals surface area (Å²) in [5.41, 5.74) is 0.960. The van der Waals surface area contributed by atoms with Gasteiger partial charge in [-0.25, -0.2) is 9.18 Å². The number of rotatable bonds is 12. The molecule has 8 heteroatoms. The quantitative estimate of drug-likeness (QED) is 0.128. The molecule has 0 amide bonds. The SMILES string of the molecule is O=c1ccn(C2O[C@H](COC(c3ccccc3)(c3ccccc3)c3ccccc3)[C@H](F)[C@H]2OC(c2ccccc2)(c2ccccc2)c2ccccc2)c(=O)[nH]1. The Morgan fingerprint density at radius 1 is 0.545 bits per heavy atom. The zero-order valence-corrected chi connectivity index (χ0v) is 29.9. The maximum absolute atomic E-state index is 17.7. The Kier molecular flexibility index (Phi) is 10.2. The second kappa shape index (κ2) is 15.7. The van der Waals surface area contributed by atoms with Gasteiger partial charge in [0.1, 0.15) is 23.4 Å². The Morgan fingerprint density at radius 3 is 1.27 bits per heavy atom. The van der Waals surface area contributed by atoms with Crippen molar-refractivity contribution in [1.29, 1.82) is 0 Å². The molecule has 2 heterocycles. The van der Waals surface area contributed by atoms with E-state index in [1.165, 1.54) is 16.8 Å². The number of ether oxygens (including phenoxy) is 3. The summed E-state index contributed by atoms with van der Waals surface area (Å²) in [5.74, 6) is 0. The monoisotopic (exact) mass is 730 g/mol. The largest absolute Gasteiger partial charge is 0.358 e. The molecule has 1 N–H and O–H groups in total. The Hall–Kier alpha value is -6.19. The molecule has 0 bridgehead atoms. The molecule has 0 saturated carbocycles. The van der Waals surface area contributed by atoms with E-state index in [0.29, 0.717) is 0 Å². The van der Waals surface area contributed by atoms with E-state index in [0.717, 1.165) is 33.4 Å². The third-order valence-corrected chi connectivity index (χ3v) is 10.2. The molecule has 6 aromatic carbocycles. The topological polar surface area (TPSA) is 82.5 Å². The molecule has 274 valence electrons. The highest BCUT2D eigenvalue weighted by Crippen LogP contribution is 2.47. The molecule has 7 aromatic rings. The molecular formula is C47H39FN2O5. The Balaban J connectivity index is 1.26. The van der Waals surface area contributed by atoms with Gasteiger partial charge in [0.15, 0.2) is 12.4 Å². The number of halogens is 1. The van der Waals surface area contributed by atoms with Gasteiger partial charge in [-0.1, -0.05) is 182 Å². The zero-order valence-electron chi connectivity index (χ0n) is 29.9. The van der Waals surface area contributed by atoms with E-state index in [1.807, 2.05) is 182 Å². The van der Waals surface area contributed by atoms with Crippen LogP contribution in [0.25, 0.3) is 0 Å². The summed E-state index contributed by atoms with van der Waals surface area (Å²) >= 11 is 0. The summed E-state index contributed by atoms with van der Waals surface area (Å²) in [6.45, 7) is -0.219. The predicted octanol–water partition coefficient (Wildman–Crippen LogP) is 8.16. The van der Waals surface area contributed by atoms with Crippen LogP contribution in [-0.2, 0) is 25.4 Å². The van der Waals surface area contributed by atoms with Crippen molar-refractivity contribution in [2.45, 2.75) is 35.8 Å². The highest BCUT2D eigenvalue weighted by atomic mass is 19.1. The van der Waals surface area contributed by atoms with E-state index in [-0.39, 0.29) is 6.61 Å². The van der Waals surface area contributed by atoms with Crippen LogP contribution < -0.4 is 11.2 Å². The minimum absolute atomic E-state index is 0.219. The van der Waals surface area contributed by atoms with Gasteiger partial charge in [0.05, 0.1) is 6.61 Å². The number of nitrogens with zero attached hydrogens (tertiary/aromatic N) is 1. The van der Waals surface area contributed by atoms with Gasteiger partial charge in [-0.05, 0) is 33.4 Å². The molecule has 55 heavy (non-hydrogen) atoms. The maximum atomic E-state index is 17.7. The van der Waals surface area contributed by atoms with Crippen molar-refractivity contribution in [1.82, 2.24) is 9.55 Å². The third kappa shape index (κ3) is 6.76. The number of aromatic amines is 1. The summed E-state index contributed by atoms with van der Waals surface area (Å²) in [6.07, 6.45) is -4.35. The van der Waals surface area contributed by atoms with Crippen molar-refractivity contribution in [2.75, 3.05) is 6.61 Å². The van der Waals surface area contributed by atoms with Crippen LogP contribution >= 0.6 is 0 Å². The molecule has 1 saturated heterocycles. The lowest BCUT2D eigenvalue weighted by molar-refractivity contribution is -0.121. The first-order valence-corrected chi connectivity index (χ1v) is 18.3. The van der Waals surface area contributed by atoms with Crippen molar-refractivity contribution >= 4 is 0 Å². The van der Waals surface area contributed by atoms with Crippen molar-refractivity contribution in [3.8, 4) is 0 Å². The molecule has 1 fully saturated rings. The second-order valence-electron chi connectivity index (χ2n) is 13.5. The number of benzene rings is 6. The summed E-state index contributed by atoms with van der Waals surface area (Å²) in [6, 6.07) is 59.5. The first-order valence-electron chi connectivity index (χ1n) is 18.3. The van der Waals surface area contributed by atoms with Crippen molar-refractivity contribution in [3.63, 3.8) is 0 Å². The fourth-order valence-corrected chi connectivity index (χ4v) is 7.71. The minimum Gasteiger partial charge on any atom is -0.358 e. The van der Waals surface area contributed by atoms with Gasteiger partial charge in [-0.2, -0.15) is 0 Å². The second-order valence-corrected chi connectivity index (χ2v) is 13.5. The maximum Gasteiger partial charge on any atom is 0.330 e. The lowest BCUT2D eigenvalue weighted by Crippen LogP contribution is -2.45. The van der Waals surface area contributed by atoms with Gasteiger partial charge >= 0.3 is 5.69 Å². The van der Waals surface area contributed by atoms with Crippen LogP contribution in [0.2, 0.25) is 0 Å². The molecule has 8 rings (SSSR count). The lowest BCUT2D eigenvalue weighted by Gasteiger charge is -2.39. The average molecular weight is 731 g/mol. The highest BCUT2D eigenvalue weighted by molar-refractivity contribution is 5.49. The van der Waals surface area contributed by atoms with Gasteiger partial charge in [0.25, 0.3) is 5.56 Å². The summed E-state index contributed by atoms with van der Waals surface area (Å²) < 4.78 is 39.8. The molecule has 7 nitrogen and oxygen atoms in total. The van der Waals surface area contributed by atoms with Gasteiger partial charge in [0, 0.05) is 12.3 Å². The lowest BCUT2D eigenvalue weighted by atomic mass is 9.79. The predicted molar refractivity (Wildman–Crippen MR) is 209 cm³/mol. The minimum atomic E-state index is -1.81. The van der Waals surface area contributed by atoms with Crippen LogP contribution in [0.1, 0.15) is 39.6 Å². The number of hydrogen-bond acceptors (Lipinski definition) is 5. The number of H-pyrrole nitrogens is 1. The van der Waals surface area contributed by atoms with Gasteiger partial charge in [-0.3, -0.25) is 14.3 Å². The number of aromatic nitrogens is 2. The smallest absolute Gasteiger partial charge is 0.330 e. The van der Waals surface area contributed by atoms with Crippen LogP contribution in [0.4, 0.5) is 4.39 Å². The molecule has 1 aromatic heterocycles. The Labute approximate surface area is 318 Å². The van der Waals surface area contributed by atoms with Crippen molar-refractivity contribution in [2.24, 2.45) is 0 Å². The van der Waals surface area contributed by atoms with Crippen LogP contribution in [0.3, 0.4) is 0 Å².